The van der Waals surface area contributed by atoms with E-state index in [0.717, 1.165) is 44.5 Å². The first kappa shape index (κ1) is 28.6. The minimum atomic E-state index is 0.634. The van der Waals surface area contributed by atoms with Gasteiger partial charge in [0, 0.05) is 33.2 Å². The molecule has 0 aliphatic carbocycles. The molecule has 0 saturated carbocycles. The number of aromatic nitrogens is 4. The largest absolute Gasteiger partial charge is 0.309 e. The standard InChI is InChI=1S/C45H30N4/c1-5-15-31(16-6-1)36-27-37(32-17-7-2-8-18-32)29-38(28-36)49-41-24-14-13-23-39(41)40-26-25-35(30-42(40)49)45-47-43(33-19-9-3-10-20-33)46-44(48-45)34-21-11-4-12-22-34/h1-30H. The summed E-state index contributed by atoms with van der Waals surface area (Å²) in [5, 5.41) is 2.37. The van der Waals surface area contributed by atoms with Crippen LogP contribution in [-0.2, 0) is 0 Å². The molecule has 0 spiro atoms. The number of para-hydroxylation sites is 1. The van der Waals surface area contributed by atoms with E-state index in [4.69, 9.17) is 15.0 Å². The Bertz CT molecular complexity index is 2460. The lowest BCUT2D eigenvalue weighted by Gasteiger charge is -2.14. The van der Waals surface area contributed by atoms with Crippen molar-refractivity contribution in [1.29, 1.82) is 0 Å². The van der Waals surface area contributed by atoms with Crippen molar-refractivity contribution in [3.05, 3.63) is 182 Å². The van der Waals surface area contributed by atoms with Gasteiger partial charge < -0.3 is 4.57 Å². The van der Waals surface area contributed by atoms with Crippen LogP contribution in [0.3, 0.4) is 0 Å². The van der Waals surface area contributed by atoms with Gasteiger partial charge in [-0.1, -0.05) is 152 Å². The number of benzene rings is 7. The average Bonchev–Trinajstić information content (AvgIpc) is 3.52. The summed E-state index contributed by atoms with van der Waals surface area (Å²) in [4.78, 5) is 15.0. The summed E-state index contributed by atoms with van der Waals surface area (Å²) in [6, 6.07) is 63.5. The highest BCUT2D eigenvalue weighted by Crippen LogP contribution is 2.37. The molecule has 230 valence electrons. The molecule has 4 heteroatoms. The Morgan fingerprint density at radius 1 is 0.286 bits per heavy atom. The fourth-order valence-corrected chi connectivity index (χ4v) is 6.66. The zero-order valence-corrected chi connectivity index (χ0v) is 26.6. The molecule has 0 N–H and O–H groups in total. The summed E-state index contributed by atoms with van der Waals surface area (Å²) in [6.07, 6.45) is 0. The van der Waals surface area contributed by atoms with Crippen molar-refractivity contribution in [2.24, 2.45) is 0 Å². The normalized spacial score (nSPS) is 11.3. The van der Waals surface area contributed by atoms with Gasteiger partial charge in [0.05, 0.1) is 11.0 Å². The molecule has 2 aromatic heterocycles. The maximum atomic E-state index is 5.04. The van der Waals surface area contributed by atoms with E-state index in [-0.39, 0.29) is 0 Å². The second-order valence-electron chi connectivity index (χ2n) is 12.1. The molecule has 0 atom stereocenters. The van der Waals surface area contributed by atoms with E-state index < -0.39 is 0 Å². The summed E-state index contributed by atoms with van der Waals surface area (Å²) in [6.45, 7) is 0. The molecule has 9 rings (SSSR count). The van der Waals surface area contributed by atoms with Gasteiger partial charge in [-0.05, 0) is 52.6 Å². The number of hydrogen-bond acceptors (Lipinski definition) is 3. The zero-order valence-electron chi connectivity index (χ0n) is 26.6. The van der Waals surface area contributed by atoms with Crippen molar-refractivity contribution in [2.45, 2.75) is 0 Å². The summed E-state index contributed by atoms with van der Waals surface area (Å²) in [5.41, 5.74) is 10.8. The summed E-state index contributed by atoms with van der Waals surface area (Å²) >= 11 is 0. The first-order valence-corrected chi connectivity index (χ1v) is 16.5. The Morgan fingerprint density at radius 2 is 0.714 bits per heavy atom. The molecule has 0 saturated heterocycles. The Labute approximate surface area is 284 Å². The van der Waals surface area contributed by atoms with Crippen LogP contribution >= 0.6 is 0 Å². The van der Waals surface area contributed by atoms with E-state index in [2.05, 4.69) is 126 Å². The van der Waals surface area contributed by atoms with Gasteiger partial charge in [-0.15, -0.1) is 0 Å². The Morgan fingerprint density at radius 3 is 1.24 bits per heavy atom. The lowest BCUT2D eigenvalue weighted by atomic mass is 9.98. The van der Waals surface area contributed by atoms with Crippen molar-refractivity contribution in [1.82, 2.24) is 19.5 Å². The van der Waals surface area contributed by atoms with E-state index >= 15 is 0 Å². The molecular weight excluding hydrogens is 597 g/mol. The molecular formula is C45H30N4. The predicted octanol–water partition coefficient (Wildman–Crippen LogP) is 11.3. The molecule has 0 aliphatic rings. The lowest BCUT2D eigenvalue weighted by molar-refractivity contribution is 1.07. The molecule has 2 heterocycles. The molecule has 0 bridgehead atoms. The van der Waals surface area contributed by atoms with E-state index in [1.165, 1.54) is 21.9 Å². The summed E-state index contributed by atoms with van der Waals surface area (Å²) in [7, 11) is 0. The Hall–Kier alpha value is -6.65. The van der Waals surface area contributed by atoms with Gasteiger partial charge in [0.2, 0.25) is 0 Å². The molecule has 0 amide bonds. The van der Waals surface area contributed by atoms with Crippen molar-refractivity contribution >= 4 is 21.8 Å². The van der Waals surface area contributed by atoms with Gasteiger partial charge in [0.25, 0.3) is 0 Å². The number of rotatable bonds is 6. The summed E-state index contributed by atoms with van der Waals surface area (Å²) in [5.74, 6) is 1.93. The number of fused-ring (bicyclic) bond motifs is 3. The van der Waals surface area contributed by atoms with Gasteiger partial charge in [0.1, 0.15) is 0 Å². The number of hydrogen-bond donors (Lipinski definition) is 0. The van der Waals surface area contributed by atoms with Crippen molar-refractivity contribution < 1.29 is 0 Å². The summed E-state index contributed by atoms with van der Waals surface area (Å²) < 4.78 is 2.38. The molecule has 49 heavy (non-hydrogen) atoms. The van der Waals surface area contributed by atoms with Crippen LogP contribution in [0.4, 0.5) is 0 Å². The highest BCUT2D eigenvalue weighted by Gasteiger charge is 2.18. The van der Waals surface area contributed by atoms with E-state index in [0.29, 0.717) is 17.5 Å². The van der Waals surface area contributed by atoms with Crippen LogP contribution in [-0.4, -0.2) is 19.5 Å². The van der Waals surface area contributed by atoms with Crippen LogP contribution in [0.15, 0.2) is 182 Å². The first-order chi connectivity index (χ1) is 24.3. The van der Waals surface area contributed by atoms with Crippen LogP contribution in [0.25, 0.3) is 83.9 Å². The van der Waals surface area contributed by atoms with Crippen LogP contribution in [0.5, 0.6) is 0 Å². The SMILES string of the molecule is c1ccc(-c2cc(-c3ccccc3)cc(-n3c4ccccc4c4ccc(-c5nc(-c6ccccc6)nc(-c6ccccc6)n5)cc43)c2)cc1. The molecule has 0 aliphatic heterocycles. The molecule has 0 radical (unpaired) electrons. The van der Waals surface area contributed by atoms with Gasteiger partial charge in [0.15, 0.2) is 17.5 Å². The maximum absolute atomic E-state index is 5.04. The van der Waals surface area contributed by atoms with Gasteiger partial charge >= 0.3 is 0 Å². The fourth-order valence-electron chi connectivity index (χ4n) is 6.66. The second-order valence-corrected chi connectivity index (χ2v) is 12.1. The highest BCUT2D eigenvalue weighted by atomic mass is 15.0. The second kappa shape index (κ2) is 12.2. The predicted molar refractivity (Wildman–Crippen MR) is 201 cm³/mol. The third kappa shape index (κ3) is 5.35. The molecule has 7 aromatic carbocycles. The first-order valence-electron chi connectivity index (χ1n) is 16.5. The minimum absolute atomic E-state index is 0.634. The van der Waals surface area contributed by atoms with Crippen molar-refractivity contribution in [2.75, 3.05) is 0 Å². The number of nitrogens with zero attached hydrogens (tertiary/aromatic N) is 4. The van der Waals surface area contributed by atoms with Gasteiger partial charge in [-0.2, -0.15) is 0 Å². The van der Waals surface area contributed by atoms with Gasteiger partial charge in [-0.3, -0.25) is 0 Å². The van der Waals surface area contributed by atoms with Gasteiger partial charge in [-0.25, -0.2) is 15.0 Å². The molecule has 0 fully saturated rings. The molecule has 0 unspecified atom stereocenters. The topological polar surface area (TPSA) is 43.6 Å². The highest BCUT2D eigenvalue weighted by molar-refractivity contribution is 6.10. The fraction of sp³-hybridized carbons (Fsp3) is 0. The zero-order chi connectivity index (χ0) is 32.6. The van der Waals surface area contributed by atoms with Crippen LogP contribution in [0.1, 0.15) is 0 Å². The Balaban J connectivity index is 1.29. The van der Waals surface area contributed by atoms with Crippen LogP contribution in [0, 0.1) is 0 Å². The third-order valence-corrected chi connectivity index (χ3v) is 9.02. The van der Waals surface area contributed by atoms with E-state index in [1.807, 2.05) is 60.7 Å². The molecule has 4 nitrogen and oxygen atoms in total. The van der Waals surface area contributed by atoms with E-state index in [9.17, 15) is 0 Å². The lowest BCUT2D eigenvalue weighted by Crippen LogP contribution is -2.00. The van der Waals surface area contributed by atoms with Crippen molar-refractivity contribution in [3.8, 4) is 62.1 Å². The van der Waals surface area contributed by atoms with Crippen LogP contribution in [0.2, 0.25) is 0 Å². The average molecular weight is 627 g/mol. The Kier molecular flexibility index (Phi) is 7.10. The van der Waals surface area contributed by atoms with E-state index in [1.54, 1.807) is 0 Å². The van der Waals surface area contributed by atoms with Crippen molar-refractivity contribution in [3.63, 3.8) is 0 Å². The minimum Gasteiger partial charge on any atom is -0.309 e. The third-order valence-electron chi connectivity index (χ3n) is 9.02. The monoisotopic (exact) mass is 626 g/mol. The quantitative estimate of drug-likeness (QED) is 0.184. The smallest absolute Gasteiger partial charge is 0.164 e. The maximum Gasteiger partial charge on any atom is 0.164 e. The van der Waals surface area contributed by atoms with Crippen LogP contribution < -0.4 is 0 Å². The molecule has 9 aromatic rings.